The highest BCUT2D eigenvalue weighted by Crippen LogP contribution is 2.27. The van der Waals surface area contributed by atoms with E-state index in [0.29, 0.717) is 30.2 Å². The van der Waals surface area contributed by atoms with E-state index in [2.05, 4.69) is 48.4 Å². The third-order valence-electron chi connectivity index (χ3n) is 5.09. The van der Waals surface area contributed by atoms with Crippen LogP contribution < -0.4 is 10.1 Å². The minimum Gasteiger partial charge on any atom is -0.482 e. The minimum atomic E-state index is -0.457. The largest absolute Gasteiger partial charge is 0.482 e. The number of anilines is 1. The average molecular weight is 437 g/mol. The van der Waals surface area contributed by atoms with Crippen molar-refractivity contribution in [2.75, 3.05) is 11.9 Å². The number of rotatable bonds is 7. The van der Waals surface area contributed by atoms with Gasteiger partial charge in [0.1, 0.15) is 17.4 Å². The number of fused-ring (bicyclic) bond motifs is 1. The summed E-state index contributed by atoms with van der Waals surface area (Å²) in [5.41, 5.74) is 4.86. The number of carbonyl (C=O) groups excluding carboxylic acids is 2. The zero-order valence-electron chi connectivity index (χ0n) is 17.5. The van der Waals surface area contributed by atoms with Gasteiger partial charge in [0.25, 0.3) is 0 Å². The zero-order chi connectivity index (χ0) is 21.8. The quantitative estimate of drug-likeness (QED) is 0.531. The zero-order valence-corrected chi connectivity index (χ0v) is 18.3. The van der Waals surface area contributed by atoms with E-state index in [-0.39, 0.29) is 19.1 Å². The Balaban J connectivity index is 1.27. The third kappa shape index (κ3) is 5.30. The van der Waals surface area contributed by atoms with Gasteiger partial charge in [0.05, 0.1) is 5.69 Å². The predicted octanol–water partition coefficient (Wildman–Crippen LogP) is 4.94. The number of ether oxygens (including phenoxy) is 2. The van der Waals surface area contributed by atoms with Gasteiger partial charge in [0.2, 0.25) is 5.91 Å². The van der Waals surface area contributed by atoms with Crippen LogP contribution in [0.15, 0.2) is 47.8 Å². The fourth-order valence-electron chi connectivity index (χ4n) is 3.30. The van der Waals surface area contributed by atoms with Crippen LogP contribution in [0.5, 0.6) is 5.75 Å². The van der Waals surface area contributed by atoms with Crippen LogP contribution in [-0.4, -0.2) is 23.5 Å². The number of aromatic nitrogens is 1. The van der Waals surface area contributed by atoms with Crippen molar-refractivity contribution in [3.05, 3.63) is 64.7 Å². The molecule has 31 heavy (non-hydrogen) atoms. The van der Waals surface area contributed by atoms with E-state index in [1.54, 1.807) is 12.1 Å². The lowest BCUT2D eigenvalue weighted by Crippen LogP contribution is -2.19. The number of carbonyl (C=O) groups is 2. The lowest BCUT2D eigenvalue weighted by atomic mass is 10.0. The second-order valence-electron chi connectivity index (χ2n) is 7.74. The second kappa shape index (κ2) is 9.31. The van der Waals surface area contributed by atoms with Crippen LogP contribution in [0, 0.1) is 0 Å². The fraction of sp³-hybridized carbons (Fsp3) is 0.292. The number of aryl methyl sites for hydroxylation is 1. The number of amides is 1. The number of hydrogen-bond donors (Lipinski definition) is 1. The molecule has 0 fully saturated rings. The summed E-state index contributed by atoms with van der Waals surface area (Å²) in [6, 6.07) is 13.7. The second-order valence-corrected chi connectivity index (χ2v) is 8.60. The van der Waals surface area contributed by atoms with Gasteiger partial charge in [-0.05, 0) is 41.7 Å². The molecule has 1 aliphatic rings. The first-order chi connectivity index (χ1) is 15.0. The van der Waals surface area contributed by atoms with E-state index >= 15 is 0 Å². The first-order valence-corrected chi connectivity index (χ1v) is 11.1. The number of nitrogens with one attached hydrogen (secondary N) is 1. The summed E-state index contributed by atoms with van der Waals surface area (Å²) in [6.07, 6.45) is 1.12. The third-order valence-corrected chi connectivity index (χ3v) is 6.03. The van der Waals surface area contributed by atoms with Crippen LogP contribution in [0.4, 0.5) is 5.69 Å². The first-order valence-electron chi connectivity index (χ1n) is 10.2. The van der Waals surface area contributed by atoms with E-state index < -0.39 is 5.97 Å². The Bertz CT molecular complexity index is 1090. The van der Waals surface area contributed by atoms with Crippen molar-refractivity contribution in [3.63, 3.8) is 0 Å². The maximum Gasteiger partial charge on any atom is 0.344 e. The number of hydrogen-bond acceptors (Lipinski definition) is 6. The van der Waals surface area contributed by atoms with Gasteiger partial charge in [-0.1, -0.05) is 38.1 Å². The highest BCUT2D eigenvalue weighted by atomic mass is 32.1. The Labute approximate surface area is 185 Å². The molecule has 3 aromatic rings. The van der Waals surface area contributed by atoms with E-state index in [4.69, 9.17) is 9.47 Å². The molecule has 0 bridgehead atoms. The van der Waals surface area contributed by atoms with Gasteiger partial charge in [-0.25, -0.2) is 9.78 Å². The summed E-state index contributed by atoms with van der Waals surface area (Å²) in [5.74, 6) is 0.627. The molecule has 1 aromatic heterocycles. The lowest BCUT2D eigenvalue weighted by molar-refractivity contribution is -0.147. The molecule has 7 heteroatoms. The SMILES string of the molecule is CC(C)c1ccc(-c2nc(COC(=O)COc3ccc4c(c3)CCC(=O)N4)cs2)cc1. The fourth-order valence-corrected chi connectivity index (χ4v) is 4.11. The van der Waals surface area contributed by atoms with Crippen molar-refractivity contribution in [1.29, 1.82) is 0 Å². The Morgan fingerprint density at radius 1 is 1.16 bits per heavy atom. The topological polar surface area (TPSA) is 77.5 Å². The Hall–Kier alpha value is -3.19. The summed E-state index contributed by atoms with van der Waals surface area (Å²) in [4.78, 5) is 28.1. The standard InChI is InChI=1S/C24H24N2O4S/c1-15(2)16-3-5-17(6-4-16)24-25-19(14-31-24)12-30-23(28)13-29-20-8-9-21-18(11-20)7-10-22(27)26-21/h3-6,8-9,11,14-15H,7,10,12-13H2,1-2H3,(H,26,27). The van der Waals surface area contributed by atoms with Crippen LogP contribution in [0.3, 0.4) is 0 Å². The summed E-state index contributed by atoms with van der Waals surface area (Å²) in [6.45, 7) is 4.26. The number of nitrogens with zero attached hydrogens (tertiary/aromatic N) is 1. The van der Waals surface area contributed by atoms with Gasteiger partial charge in [0.15, 0.2) is 6.61 Å². The predicted molar refractivity (Wildman–Crippen MR) is 120 cm³/mol. The Morgan fingerprint density at radius 2 is 1.97 bits per heavy atom. The molecule has 0 saturated carbocycles. The molecule has 0 aliphatic carbocycles. The van der Waals surface area contributed by atoms with Crippen LogP contribution in [0.2, 0.25) is 0 Å². The molecule has 160 valence electrons. The molecule has 0 saturated heterocycles. The van der Waals surface area contributed by atoms with E-state index in [1.807, 2.05) is 11.4 Å². The number of benzene rings is 2. The van der Waals surface area contributed by atoms with Gasteiger partial charge in [-0.3, -0.25) is 4.79 Å². The smallest absolute Gasteiger partial charge is 0.344 e. The molecule has 2 aromatic carbocycles. The van der Waals surface area contributed by atoms with Crippen molar-refractivity contribution < 1.29 is 19.1 Å². The van der Waals surface area contributed by atoms with Crippen molar-refractivity contribution in [2.45, 2.75) is 39.2 Å². The molecule has 1 N–H and O–H groups in total. The maximum atomic E-state index is 12.1. The summed E-state index contributed by atoms with van der Waals surface area (Å²) >= 11 is 1.53. The Kier molecular flexibility index (Phi) is 6.32. The molecule has 4 rings (SSSR count). The first kappa shape index (κ1) is 21.1. The molecule has 0 spiro atoms. The van der Waals surface area contributed by atoms with E-state index in [0.717, 1.165) is 21.8 Å². The van der Waals surface area contributed by atoms with Gasteiger partial charge in [-0.15, -0.1) is 11.3 Å². The van der Waals surface area contributed by atoms with Crippen molar-refractivity contribution in [2.24, 2.45) is 0 Å². The molecule has 1 amide bonds. The Morgan fingerprint density at radius 3 is 2.74 bits per heavy atom. The van der Waals surface area contributed by atoms with Crippen molar-refractivity contribution in [3.8, 4) is 16.3 Å². The van der Waals surface area contributed by atoms with E-state index in [1.165, 1.54) is 16.9 Å². The molecule has 0 atom stereocenters. The van der Waals surface area contributed by atoms with Crippen LogP contribution >= 0.6 is 11.3 Å². The van der Waals surface area contributed by atoms with E-state index in [9.17, 15) is 9.59 Å². The molecule has 2 heterocycles. The lowest BCUT2D eigenvalue weighted by Gasteiger charge is -2.17. The van der Waals surface area contributed by atoms with Crippen LogP contribution in [0.25, 0.3) is 10.6 Å². The minimum absolute atomic E-state index is 0.0162. The van der Waals surface area contributed by atoms with Crippen LogP contribution in [-0.2, 0) is 27.4 Å². The van der Waals surface area contributed by atoms with Gasteiger partial charge in [-0.2, -0.15) is 0 Å². The van der Waals surface area contributed by atoms with Crippen molar-refractivity contribution >= 4 is 28.9 Å². The molecular formula is C24H24N2O4S. The van der Waals surface area contributed by atoms with Crippen LogP contribution in [0.1, 0.15) is 43.0 Å². The summed E-state index contributed by atoms with van der Waals surface area (Å²) < 4.78 is 10.8. The van der Waals surface area contributed by atoms with Gasteiger partial charge < -0.3 is 14.8 Å². The highest BCUT2D eigenvalue weighted by Gasteiger charge is 2.16. The molecule has 1 aliphatic heterocycles. The average Bonchev–Trinajstić information content (AvgIpc) is 3.25. The molecule has 0 radical (unpaired) electrons. The maximum absolute atomic E-state index is 12.1. The number of esters is 1. The molecule has 0 unspecified atom stereocenters. The highest BCUT2D eigenvalue weighted by molar-refractivity contribution is 7.13. The normalized spacial score (nSPS) is 12.9. The number of thiazole rings is 1. The van der Waals surface area contributed by atoms with Gasteiger partial charge >= 0.3 is 5.97 Å². The van der Waals surface area contributed by atoms with Crippen molar-refractivity contribution in [1.82, 2.24) is 4.98 Å². The monoisotopic (exact) mass is 436 g/mol. The molecular weight excluding hydrogens is 412 g/mol. The summed E-state index contributed by atoms with van der Waals surface area (Å²) in [7, 11) is 0. The molecule has 6 nitrogen and oxygen atoms in total. The summed E-state index contributed by atoms with van der Waals surface area (Å²) in [5, 5.41) is 5.62. The van der Waals surface area contributed by atoms with Gasteiger partial charge in [0, 0.05) is 23.1 Å².